The van der Waals surface area contributed by atoms with Crippen LogP contribution in [0.5, 0.6) is 0 Å². The van der Waals surface area contributed by atoms with E-state index >= 15 is 0 Å². The molecule has 2 aliphatic rings. The third-order valence-corrected chi connectivity index (χ3v) is 4.11. The second-order valence-corrected chi connectivity index (χ2v) is 5.62. The Morgan fingerprint density at radius 3 is 2.67 bits per heavy atom. The highest BCUT2D eigenvalue weighted by Gasteiger charge is 2.20. The van der Waals surface area contributed by atoms with Crippen LogP contribution in [-0.2, 0) is 0 Å². The van der Waals surface area contributed by atoms with E-state index in [2.05, 4.69) is 9.97 Å². The second kappa shape index (κ2) is 5.28. The Balaban J connectivity index is 2.32. The molecule has 24 heavy (non-hydrogen) atoms. The second-order valence-electron chi connectivity index (χ2n) is 5.21. The van der Waals surface area contributed by atoms with Gasteiger partial charge in [0, 0.05) is 10.4 Å². The molecule has 0 unspecified atom stereocenters. The van der Waals surface area contributed by atoms with E-state index < -0.39 is 17.1 Å². The summed E-state index contributed by atoms with van der Waals surface area (Å²) in [6, 6.07) is 12.7. The largest absolute Gasteiger partial charge is 0.349 e. The number of nitrogens with one attached hydrogen (secondary N) is 1. The third-order valence-electron chi connectivity index (χ3n) is 3.78. The van der Waals surface area contributed by atoms with Crippen molar-refractivity contribution < 1.29 is 4.39 Å². The van der Waals surface area contributed by atoms with Gasteiger partial charge in [-0.2, -0.15) is 4.98 Å². The maximum Gasteiger partial charge on any atom is 0.349 e. The van der Waals surface area contributed by atoms with E-state index in [0.717, 1.165) is 0 Å². The lowest BCUT2D eigenvalue weighted by Crippen LogP contribution is -2.27. The predicted octanol–water partition coefficient (Wildman–Crippen LogP) is 2.97. The Morgan fingerprint density at radius 1 is 1.08 bits per heavy atom. The fourth-order valence-corrected chi connectivity index (χ4v) is 2.97. The number of benzene rings is 2. The van der Waals surface area contributed by atoms with Gasteiger partial charge in [-0.15, -0.1) is 0 Å². The first kappa shape index (κ1) is 14.6. The average molecular weight is 342 g/mol. The highest BCUT2D eigenvalue weighted by molar-refractivity contribution is 6.35. The number of H-pyrrole nitrogens is 1. The lowest BCUT2D eigenvalue weighted by atomic mass is 10.1. The van der Waals surface area contributed by atoms with Gasteiger partial charge in [0.2, 0.25) is 0 Å². The minimum atomic E-state index is -0.793. The summed E-state index contributed by atoms with van der Waals surface area (Å²) in [5.41, 5.74) is -0.528. The molecule has 0 bridgehead atoms. The molecule has 2 aromatic rings. The van der Waals surface area contributed by atoms with Crippen LogP contribution in [0.4, 0.5) is 4.39 Å². The number of rotatable bonds is 1. The molecule has 2 aliphatic heterocycles. The van der Waals surface area contributed by atoms with Crippen LogP contribution >= 0.6 is 11.6 Å². The SMILES string of the molecule is O=c1nc2n(-c3ccccc3F)c3cccc(Cl)c3cc-2c(=O)[nH]1. The number of aromatic amines is 1. The molecule has 118 valence electrons. The van der Waals surface area contributed by atoms with Crippen LogP contribution in [-0.4, -0.2) is 14.5 Å². The normalized spacial score (nSPS) is 11.2. The number of pyridine rings is 1. The Labute approximate surface area is 139 Å². The van der Waals surface area contributed by atoms with Crippen molar-refractivity contribution in [1.29, 1.82) is 0 Å². The van der Waals surface area contributed by atoms with Crippen molar-refractivity contribution in [3.05, 3.63) is 80.2 Å². The van der Waals surface area contributed by atoms with Crippen molar-refractivity contribution in [2.45, 2.75) is 0 Å². The van der Waals surface area contributed by atoms with Gasteiger partial charge in [0.1, 0.15) is 5.82 Å². The molecule has 0 aliphatic carbocycles. The number of hydrogen-bond donors (Lipinski definition) is 1. The van der Waals surface area contributed by atoms with E-state index in [1.54, 1.807) is 42.5 Å². The van der Waals surface area contributed by atoms with Crippen molar-refractivity contribution >= 4 is 22.5 Å². The van der Waals surface area contributed by atoms with Crippen molar-refractivity contribution in [2.75, 3.05) is 0 Å². The van der Waals surface area contributed by atoms with Gasteiger partial charge in [0.05, 0.1) is 16.8 Å². The summed E-state index contributed by atoms with van der Waals surface area (Å²) in [4.78, 5) is 29.8. The summed E-state index contributed by atoms with van der Waals surface area (Å²) in [5.74, 6) is -0.436. The van der Waals surface area contributed by atoms with E-state index in [-0.39, 0.29) is 17.1 Å². The summed E-state index contributed by atoms with van der Waals surface area (Å²) in [6.45, 7) is 0. The van der Waals surface area contributed by atoms with Crippen LogP contribution in [0.2, 0.25) is 5.02 Å². The molecule has 2 aromatic carbocycles. The van der Waals surface area contributed by atoms with Gasteiger partial charge in [0.15, 0.2) is 5.82 Å². The predicted molar refractivity (Wildman–Crippen MR) is 89.6 cm³/mol. The first-order valence-electron chi connectivity index (χ1n) is 7.05. The van der Waals surface area contributed by atoms with Crippen LogP contribution in [0.3, 0.4) is 0 Å². The van der Waals surface area contributed by atoms with E-state index in [1.165, 1.54) is 10.6 Å². The third kappa shape index (κ3) is 2.11. The molecule has 0 atom stereocenters. The van der Waals surface area contributed by atoms with Gasteiger partial charge in [-0.3, -0.25) is 14.3 Å². The quantitative estimate of drug-likeness (QED) is 0.541. The molecule has 1 N–H and O–H groups in total. The molecule has 4 rings (SSSR count). The summed E-state index contributed by atoms with van der Waals surface area (Å²) < 4.78 is 15.8. The molecule has 0 spiro atoms. The van der Waals surface area contributed by atoms with Gasteiger partial charge in [-0.1, -0.05) is 29.8 Å². The van der Waals surface area contributed by atoms with Gasteiger partial charge in [0.25, 0.3) is 5.56 Å². The van der Waals surface area contributed by atoms with Crippen LogP contribution in [0.15, 0.2) is 58.1 Å². The minimum absolute atomic E-state index is 0.0728. The molecule has 0 fully saturated rings. The molecule has 0 amide bonds. The highest BCUT2D eigenvalue weighted by atomic mass is 35.5. The Hall–Kier alpha value is -2.99. The standard InChI is InChI=1S/C17H9ClFN3O2/c18-11-4-3-7-13-9(11)8-10-15(20-17(24)21-16(10)23)22(13)14-6-2-1-5-12(14)19/h1-8H,(H,21,23,24). The monoisotopic (exact) mass is 341 g/mol. The molecule has 7 heteroatoms. The lowest BCUT2D eigenvalue weighted by Gasteiger charge is -2.18. The number of hydrogen-bond acceptors (Lipinski definition) is 3. The maximum atomic E-state index is 14.4. The fourth-order valence-electron chi connectivity index (χ4n) is 2.75. The van der Waals surface area contributed by atoms with Crippen molar-refractivity contribution in [2.24, 2.45) is 0 Å². The van der Waals surface area contributed by atoms with E-state index in [1.807, 2.05) is 0 Å². The maximum absolute atomic E-state index is 14.4. The van der Waals surface area contributed by atoms with Crippen molar-refractivity contribution in [3.8, 4) is 17.1 Å². The molecule has 0 radical (unpaired) electrons. The molecule has 5 nitrogen and oxygen atoms in total. The zero-order valence-electron chi connectivity index (χ0n) is 12.1. The van der Waals surface area contributed by atoms with Crippen LogP contribution < -0.4 is 11.2 Å². The van der Waals surface area contributed by atoms with Gasteiger partial charge in [-0.05, 0) is 30.3 Å². The van der Waals surface area contributed by atoms with Crippen molar-refractivity contribution in [3.63, 3.8) is 0 Å². The van der Waals surface area contributed by atoms with E-state index in [9.17, 15) is 14.0 Å². The topological polar surface area (TPSA) is 67.8 Å². The van der Waals surface area contributed by atoms with Crippen LogP contribution in [0, 0.1) is 5.82 Å². The zero-order valence-corrected chi connectivity index (χ0v) is 12.8. The van der Waals surface area contributed by atoms with Crippen LogP contribution in [0.25, 0.3) is 28.0 Å². The number of aromatic nitrogens is 3. The summed E-state index contributed by atoms with van der Waals surface area (Å²) in [5, 5.41) is 0.964. The number of para-hydroxylation sites is 1. The first-order chi connectivity index (χ1) is 11.6. The van der Waals surface area contributed by atoms with Crippen molar-refractivity contribution in [1.82, 2.24) is 14.5 Å². The molecule has 0 saturated heterocycles. The fraction of sp³-hybridized carbons (Fsp3) is 0. The lowest BCUT2D eigenvalue weighted by molar-refractivity contribution is 0.619. The Bertz CT molecular complexity index is 1180. The molecule has 0 saturated carbocycles. The smallest absolute Gasteiger partial charge is 0.291 e. The van der Waals surface area contributed by atoms with Crippen LogP contribution in [0.1, 0.15) is 0 Å². The number of halogens is 2. The molecule has 2 heterocycles. The minimum Gasteiger partial charge on any atom is -0.291 e. The van der Waals surface area contributed by atoms with Gasteiger partial charge >= 0.3 is 5.69 Å². The van der Waals surface area contributed by atoms with E-state index in [0.29, 0.717) is 15.9 Å². The molecular formula is C17H9ClFN3O2. The highest BCUT2D eigenvalue weighted by Crippen LogP contribution is 2.32. The van der Waals surface area contributed by atoms with Gasteiger partial charge in [-0.25, -0.2) is 9.18 Å². The number of nitrogens with zero attached hydrogens (tertiary/aromatic N) is 2. The summed E-state index contributed by atoms with van der Waals surface area (Å²) in [6.07, 6.45) is 0. The summed E-state index contributed by atoms with van der Waals surface area (Å²) >= 11 is 6.24. The molecular weight excluding hydrogens is 333 g/mol. The van der Waals surface area contributed by atoms with E-state index in [4.69, 9.17) is 11.6 Å². The summed E-state index contributed by atoms with van der Waals surface area (Å²) in [7, 11) is 0. The Kier molecular flexibility index (Phi) is 3.21. The molecule has 0 aromatic heterocycles. The number of fused-ring (bicyclic) bond motifs is 2. The Morgan fingerprint density at radius 2 is 1.88 bits per heavy atom. The first-order valence-corrected chi connectivity index (χ1v) is 7.43. The average Bonchev–Trinajstić information content (AvgIpc) is 2.55. The zero-order chi connectivity index (χ0) is 16.8. The van der Waals surface area contributed by atoms with Gasteiger partial charge < -0.3 is 0 Å².